The molecule has 6 heteroatoms. The second kappa shape index (κ2) is 9.26. The van der Waals surface area contributed by atoms with Crippen LogP contribution in [0.1, 0.15) is 51.4 Å². The third-order valence-electron chi connectivity index (χ3n) is 4.47. The van der Waals surface area contributed by atoms with E-state index in [0.717, 1.165) is 32.2 Å². The summed E-state index contributed by atoms with van der Waals surface area (Å²) < 4.78 is 4.84. The minimum absolute atomic E-state index is 0. The molecule has 1 aliphatic heterocycles. The van der Waals surface area contributed by atoms with E-state index in [1.165, 1.54) is 26.4 Å². The number of rotatable bonds is 5. The molecule has 0 aromatic rings. The van der Waals surface area contributed by atoms with Crippen LogP contribution in [0, 0.1) is 5.92 Å². The Balaban J connectivity index is 0.00000220. The van der Waals surface area contributed by atoms with Gasteiger partial charge in [0.1, 0.15) is 6.04 Å². The van der Waals surface area contributed by atoms with E-state index in [0.29, 0.717) is 12.3 Å². The maximum atomic E-state index is 12.1. The van der Waals surface area contributed by atoms with Crippen LogP contribution in [-0.4, -0.2) is 37.6 Å². The minimum Gasteiger partial charge on any atom is -0.467 e. The van der Waals surface area contributed by atoms with E-state index < -0.39 is 6.04 Å². The van der Waals surface area contributed by atoms with Gasteiger partial charge in [0.05, 0.1) is 13.2 Å². The third kappa shape index (κ3) is 5.47. The first kappa shape index (κ1) is 18.2. The topological polar surface area (TPSA) is 67.4 Å². The zero-order chi connectivity index (χ0) is 14.4. The summed E-state index contributed by atoms with van der Waals surface area (Å²) in [6.07, 6.45) is 8.65. The first-order chi connectivity index (χ1) is 9.70. The summed E-state index contributed by atoms with van der Waals surface area (Å²) in [6, 6.07) is -0.633. The predicted molar refractivity (Wildman–Crippen MR) is 83.4 cm³/mol. The number of carbonyl (C=O) groups is 2. The molecule has 2 rings (SSSR count). The van der Waals surface area contributed by atoms with Gasteiger partial charge in [0, 0.05) is 0 Å². The molecule has 2 fully saturated rings. The number of amides is 1. The molecule has 0 aromatic heterocycles. The van der Waals surface area contributed by atoms with E-state index in [9.17, 15) is 9.59 Å². The molecule has 122 valence electrons. The van der Waals surface area contributed by atoms with Gasteiger partial charge in [-0.3, -0.25) is 4.79 Å². The standard InChI is InChI=1S/C15H26N2O3.ClH/c1-20-15(19)13(10-11-6-3-2-4-7-11)17-14(18)12-8-5-9-16-12;/h11-13,16H,2-10H2,1H3,(H,17,18);1H/t12?,13-;/m1./s1. The molecule has 1 heterocycles. The summed E-state index contributed by atoms with van der Waals surface area (Å²) >= 11 is 0. The van der Waals surface area contributed by atoms with E-state index in [2.05, 4.69) is 10.6 Å². The number of halogens is 1. The highest BCUT2D eigenvalue weighted by Gasteiger charge is 2.30. The van der Waals surface area contributed by atoms with Crippen LogP contribution in [0.5, 0.6) is 0 Å². The van der Waals surface area contributed by atoms with Crippen LogP contribution in [0.2, 0.25) is 0 Å². The van der Waals surface area contributed by atoms with Crippen LogP contribution in [0.3, 0.4) is 0 Å². The lowest BCUT2D eigenvalue weighted by Gasteiger charge is -2.26. The second-order valence-corrected chi connectivity index (χ2v) is 5.97. The summed E-state index contributed by atoms with van der Waals surface area (Å²) in [5.41, 5.74) is 0. The molecule has 5 nitrogen and oxygen atoms in total. The van der Waals surface area contributed by atoms with Crippen molar-refractivity contribution in [3.8, 4) is 0 Å². The predicted octanol–water partition coefficient (Wildman–Crippen LogP) is 1.79. The van der Waals surface area contributed by atoms with Gasteiger partial charge in [-0.2, -0.15) is 0 Å². The Bertz CT molecular complexity index is 340. The molecular formula is C15H27ClN2O3. The van der Waals surface area contributed by atoms with Crippen molar-refractivity contribution in [3.63, 3.8) is 0 Å². The van der Waals surface area contributed by atoms with Crippen LogP contribution in [0.4, 0.5) is 0 Å². The quantitative estimate of drug-likeness (QED) is 0.758. The maximum Gasteiger partial charge on any atom is 0.328 e. The lowest BCUT2D eigenvalue weighted by molar-refractivity contribution is -0.145. The maximum absolute atomic E-state index is 12.1. The SMILES string of the molecule is COC(=O)[C@@H](CC1CCCCC1)NC(=O)C1CCCN1.Cl. The molecule has 2 atom stereocenters. The highest BCUT2D eigenvalue weighted by Crippen LogP contribution is 2.27. The van der Waals surface area contributed by atoms with Gasteiger partial charge >= 0.3 is 5.97 Å². The van der Waals surface area contributed by atoms with E-state index in [-0.39, 0.29) is 30.3 Å². The monoisotopic (exact) mass is 318 g/mol. The minimum atomic E-state index is -0.488. The summed E-state index contributed by atoms with van der Waals surface area (Å²) in [5, 5.41) is 6.04. The van der Waals surface area contributed by atoms with Crippen molar-refractivity contribution in [2.45, 2.75) is 63.5 Å². The molecule has 1 unspecified atom stereocenters. The molecule has 2 aliphatic rings. The number of ether oxygens (including phenoxy) is 1. The molecule has 0 aromatic carbocycles. The lowest BCUT2D eigenvalue weighted by Crippen LogP contribution is -2.49. The van der Waals surface area contributed by atoms with Gasteiger partial charge in [-0.05, 0) is 31.7 Å². The lowest BCUT2D eigenvalue weighted by atomic mass is 9.84. The van der Waals surface area contributed by atoms with Gasteiger partial charge in [0.25, 0.3) is 0 Å². The van der Waals surface area contributed by atoms with Crippen molar-refractivity contribution in [1.82, 2.24) is 10.6 Å². The third-order valence-corrected chi connectivity index (χ3v) is 4.47. The van der Waals surface area contributed by atoms with Gasteiger partial charge in [0.2, 0.25) is 5.91 Å². The first-order valence-corrected chi connectivity index (χ1v) is 7.82. The Morgan fingerprint density at radius 1 is 1.19 bits per heavy atom. The Hall–Kier alpha value is -0.810. The summed E-state index contributed by atoms with van der Waals surface area (Å²) in [6.45, 7) is 0.879. The van der Waals surface area contributed by atoms with Crippen molar-refractivity contribution in [2.24, 2.45) is 5.92 Å². The summed E-state index contributed by atoms with van der Waals surface area (Å²) in [5.74, 6) is 0.153. The van der Waals surface area contributed by atoms with Gasteiger partial charge in [-0.1, -0.05) is 32.1 Å². The Morgan fingerprint density at radius 2 is 1.90 bits per heavy atom. The first-order valence-electron chi connectivity index (χ1n) is 7.82. The van der Waals surface area contributed by atoms with Crippen molar-refractivity contribution >= 4 is 24.3 Å². The largest absolute Gasteiger partial charge is 0.467 e. The second-order valence-electron chi connectivity index (χ2n) is 5.97. The van der Waals surface area contributed by atoms with E-state index >= 15 is 0 Å². The fourth-order valence-corrected chi connectivity index (χ4v) is 3.29. The Morgan fingerprint density at radius 3 is 2.48 bits per heavy atom. The number of methoxy groups -OCH3 is 1. The van der Waals surface area contributed by atoms with Crippen LogP contribution >= 0.6 is 12.4 Å². The molecule has 21 heavy (non-hydrogen) atoms. The molecular weight excluding hydrogens is 292 g/mol. The highest BCUT2D eigenvalue weighted by molar-refractivity contribution is 5.87. The smallest absolute Gasteiger partial charge is 0.328 e. The normalized spacial score (nSPS) is 24.0. The molecule has 2 N–H and O–H groups in total. The van der Waals surface area contributed by atoms with Crippen LogP contribution in [0.15, 0.2) is 0 Å². The molecule has 1 aliphatic carbocycles. The average Bonchev–Trinajstić information content (AvgIpc) is 3.01. The number of nitrogens with one attached hydrogen (secondary N) is 2. The van der Waals surface area contributed by atoms with Crippen molar-refractivity contribution in [2.75, 3.05) is 13.7 Å². The summed E-state index contributed by atoms with van der Waals surface area (Å²) in [7, 11) is 1.39. The van der Waals surface area contributed by atoms with Crippen LogP contribution < -0.4 is 10.6 Å². The van der Waals surface area contributed by atoms with Gasteiger partial charge in [-0.25, -0.2) is 4.79 Å². The van der Waals surface area contributed by atoms with Crippen molar-refractivity contribution < 1.29 is 14.3 Å². The van der Waals surface area contributed by atoms with E-state index in [4.69, 9.17) is 4.74 Å². The summed E-state index contributed by atoms with van der Waals surface area (Å²) in [4.78, 5) is 24.0. The van der Waals surface area contributed by atoms with Crippen molar-refractivity contribution in [3.05, 3.63) is 0 Å². The number of esters is 1. The molecule has 1 amide bonds. The average molecular weight is 319 g/mol. The van der Waals surface area contributed by atoms with Crippen LogP contribution in [-0.2, 0) is 14.3 Å². The zero-order valence-corrected chi connectivity index (χ0v) is 13.5. The molecule has 1 saturated carbocycles. The fourth-order valence-electron chi connectivity index (χ4n) is 3.29. The van der Waals surface area contributed by atoms with Gasteiger partial charge < -0.3 is 15.4 Å². The van der Waals surface area contributed by atoms with Crippen molar-refractivity contribution in [1.29, 1.82) is 0 Å². The Kier molecular flexibility index (Phi) is 8.04. The molecule has 0 bridgehead atoms. The van der Waals surface area contributed by atoms with Gasteiger partial charge in [-0.15, -0.1) is 12.4 Å². The fraction of sp³-hybridized carbons (Fsp3) is 0.867. The van der Waals surface area contributed by atoms with E-state index in [1.807, 2.05) is 0 Å². The highest BCUT2D eigenvalue weighted by atomic mass is 35.5. The van der Waals surface area contributed by atoms with Gasteiger partial charge in [0.15, 0.2) is 0 Å². The Labute approximate surface area is 133 Å². The van der Waals surface area contributed by atoms with Crippen LogP contribution in [0.25, 0.3) is 0 Å². The molecule has 0 radical (unpaired) electrons. The number of carbonyl (C=O) groups excluding carboxylic acids is 2. The number of hydrogen-bond donors (Lipinski definition) is 2. The molecule has 1 saturated heterocycles. The van der Waals surface area contributed by atoms with E-state index in [1.54, 1.807) is 0 Å². The zero-order valence-electron chi connectivity index (χ0n) is 12.7. The molecule has 0 spiro atoms. The number of hydrogen-bond acceptors (Lipinski definition) is 4.